The van der Waals surface area contributed by atoms with E-state index in [2.05, 4.69) is 41.1 Å². The van der Waals surface area contributed by atoms with Crippen molar-refractivity contribution in [2.75, 3.05) is 55.4 Å². The molecule has 16 nitrogen and oxygen atoms in total. The number of aromatic nitrogens is 4. The number of rotatable bonds is 12. The highest BCUT2D eigenvalue weighted by Gasteiger charge is 2.40. The number of carbonyl (C=O) groups excluding carboxylic acids is 4. The third kappa shape index (κ3) is 8.33. The highest BCUT2D eigenvalue weighted by Crippen LogP contribution is 2.35. The van der Waals surface area contributed by atoms with E-state index in [1.54, 1.807) is 29.6 Å². The minimum Gasteiger partial charge on any atom is -0.371 e. The summed E-state index contributed by atoms with van der Waals surface area (Å²) in [5.74, 6) is -2.83. The van der Waals surface area contributed by atoms with Gasteiger partial charge in [-0.25, -0.2) is 28.1 Å². The van der Waals surface area contributed by atoms with E-state index >= 15 is 8.78 Å². The molecule has 65 heavy (non-hydrogen) atoms. The van der Waals surface area contributed by atoms with Gasteiger partial charge in [0.25, 0.3) is 5.91 Å². The van der Waals surface area contributed by atoms with E-state index in [-0.39, 0.29) is 42.2 Å². The summed E-state index contributed by atoms with van der Waals surface area (Å²) in [6, 6.07) is 8.58. The highest BCUT2D eigenvalue weighted by molar-refractivity contribution is 7.90. The van der Waals surface area contributed by atoms with E-state index < -0.39 is 63.5 Å². The molecule has 20 heteroatoms. The molecule has 3 amide bonds. The molecule has 338 valence electrons. The lowest BCUT2D eigenvalue weighted by Gasteiger charge is -2.44. The summed E-state index contributed by atoms with van der Waals surface area (Å²) < 4.78 is 73.0. The Balaban J connectivity index is 0.718. The first-order valence-electron chi connectivity index (χ1n) is 21.8. The van der Waals surface area contributed by atoms with Crippen LogP contribution in [0.3, 0.4) is 0 Å². The Hall–Kier alpha value is -6.25. The molecule has 10 rings (SSSR count). The van der Waals surface area contributed by atoms with Gasteiger partial charge in [-0.3, -0.25) is 29.2 Å². The molecule has 3 N–H and O–H groups in total. The predicted octanol–water partition coefficient (Wildman–Crippen LogP) is 4.38. The van der Waals surface area contributed by atoms with Crippen LogP contribution in [0.15, 0.2) is 61.2 Å². The van der Waals surface area contributed by atoms with Crippen molar-refractivity contribution in [2.24, 2.45) is 11.8 Å². The van der Waals surface area contributed by atoms with Crippen LogP contribution < -0.4 is 14.9 Å². The molecule has 5 aliphatic rings. The fourth-order valence-corrected chi connectivity index (χ4v) is 11.0. The number of H-pyrrole nitrogens is 1. The van der Waals surface area contributed by atoms with Crippen molar-refractivity contribution >= 4 is 56.1 Å². The van der Waals surface area contributed by atoms with Crippen molar-refractivity contribution in [3.63, 3.8) is 0 Å². The van der Waals surface area contributed by atoms with Gasteiger partial charge in [-0.2, -0.15) is 12.7 Å². The number of halogens is 3. The van der Waals surface area contributed by atoms with E-state index in [0.717, 1.165) is 79.7 Å². The summed E-state index contributed by atoms with van der Waals surface area (Å²) in [5, 5.41) is 2.64. The van der Waals surface area contributed by atoms with Crippen LogP contribution in [0.2, 0.25) is 0 Å². The Kier molecular flexibility index (Phi) is 11.1. The predicted molar refractivity (Wildman–Crippen MR) is 232 cm³/mol. The van der Waals surface area contributed by atoms with Crippen LogP contribution in [0.1, 0.15) is 69.8 Å². The first-order valence-corrected chi connectivity index (χ1v) is 23.2. The Morgan fingerprint density at radius 1 is 0.877 bits per heavy atom. The maximum atomic E-state index is 15.7. The number of fused-ring (bicyclic) bond motifs is 2. The molecule has 2 aromatic carbocycles. The number of pyridine rings is 1. The van der Waals surface area contributed by atoms with Gasteiger partial charge in [0.2, 0.25) is 17.6 Å². The van der Waals surface area contributed by atoms with Crippen LogP contribution in [-0.4, -0.2) is 124 Å². The number of nitrogens with zero attached hydrogens (tertiary/aromatic N) is 7. The molecular formula is C45H45F3N10O6S. The van der Waals surface area contributed by atoms with Gasteiger partial charge in [-0.05, 0) is 86.7 Å². The van der Waals surface area contributed by atoms with Crippen molar-refractivity contribution in [3.8, 4) is 11.1 Å². The molecule has 2 atom stereocenters. The number of imide groups is 1. The number of amides is 3. The van der Waals surface area contributed by atoms with Crippen LogP contribution in [0, 0.1) is 23.5 Å². The smallest absolute Gasteiger partial charge is 0.301 e. The molecule has 4 fully saturated rings. The fourth-order valence-electron chi connectivity index (χ4n) is 9.69. The first-order chi connectivity index (χ1) is 31.3. The molecular weight excluding hydrogens is 866 g/mol. The molecule has 0 spiro atoms. The maximum absolute atomic E-state index is 15.7. The van der Waals surface area contributed by atoms with Gasteiger partial charge < -0.3 is 19.7 Å². The summed E-state index contributed by atoms with van der Waals surface area (Å²) in [6.07, 6.45) is 8.20. The second kappa shape index (κ2) is 17.0. The molecule has 0 saturated carbocycles. The number of piperidine rings is 2. The Morgan fingerprint density at radius 2 is 1.65 bits per heavy atom. The number of aromatic amines is 1. The molecule has 0 aliphatic carbocycles. The van der Waals surface area contributed by atoms with Crippen LogP contribution in [0.4, 0.5) is 24.5 Å². The normalized spacial score (nSPS) is 21.2. The van der Waals surface area contributed by atoms with E-state index in [1.807, 2.05) is 16.9 Å². The standard InChI is InChI=1S/C45H45F3N10O6S/c46-30-9-12-57(24-30)65(63,64)54-36-4-3-35(47)40(41(36)48)42(60)34-19-52-43-33(34)15-27(16-51-43)29-17-49-38(50-18-29)13-25-7-10-55(11-8-25)20-26-21-56(22-26)31-1-2-32-28(14-31)23-58(45(32)62)37-5-6-39(59)53-44(37)61/h1-4,14-19,25-26,30,37,54H,5-13,20-24H2,(H,51,52)(H,53,59,61)/t30-,37?/m1/s1. The summed E-state index contributed by atoms with van der Waals surface area (Å²) in [4.78, 5) is 73.8. The van der Waals surface area contributed by atoms with Crippen molar-refractivity contribution in [3.05, 3.63) is 101 Å². The average Bonchev–Trinajstić information content (AvgIpc) is 4.00. The van der Waals surface area contributed by atoms with E-state index in [9.17, 15) is 32.0 Å². The second-order valence-electron chi connectivity index (χ2n) is 17.6. The number of anilines is 2. The Bertz CT molecular complexity index is 2850. The topological polar surface area (TPSA) is 194 Å². The van der Waals surface area contributed by atoms with Gasteiger partial charge in [0, 0.05) is 116 Å². The maximum Gasteiger partial charge on any atom is 0.301 e. The fraction of sp³-hybridized carbons (Fsp3) is 0.400. The van der Waals surface area contributed by atoms with Crippen LogP contribution >= 0.6 is 0 Å². The number of carbonyl (C=O) groups is 4. The Morgan fingerprint density at radius 3 is 2.38 bits per heavy atom. The number of hydrogen-bond acceptors (Lipinski definition) is 11. The van der Waals surface area contributed by atoms with E-state index in [1.165, 1.54) is 6.20 Å². The monoisotopic (exact) mass is 910 g/mol. The molecule has 8 heterocycles. The largest absolute Gasteiger partial charge is 0.371 e. The lowest BCUT2D eigenvalue weighted by molar-refractivity contribution is -0.136. The van der Waals surface area contributed by atoms with Gasteiger partial charge in [-0.15, -0.1) is 0 Å². The average molecular weight is 911 g/mol. The SMILES string of the molecule is O=C1CCC(N2Cc3cc(N4CC(CN5CCC(Cc6ncc(-c7cnc8[nH]cc(C(=O)c9c(F)ccc(NS(=O)(=O)N%10CC[C@@H](F)C%10)c9F)c8c7)cn6)CC5)C4)ccc3C2=O)C(=O)N1. The number of alkyl halides is 1. The third-order valence-corrected chi connectivity index (χ3v) is 14.8. The Labute approximate surface area is 371 Å². The van der Waals surface area contributed by atoms with Crippen LogP contribution in [0.5, 0.6) is 0 Å². The minimum atomic E-state index is -4.36. The highest BCUT2D eigenvalue weighted by atomic mass is 32.2. The van der Waals surface area contributed by atoms with Gasteiger partial charge >= 0.3 is 10.2 Å². The number of ketones is 1. The van der Waals surface area contributed by atoms with E-state index in [0.29, 0.717) is 53.0 Å². The van der Waals surface area contributed by atoms with Crippen LogP contribution in [0.25, 0.3) is 22.2 Å². The summed E-state index contributed by atoms with van der Waals surface area (Å²) in [7, 11) is -4.36. The third-order valence-electron chi connectivity index (χ3n) is 13.3. The van der Waals surface area contributed by atoms with E-state index in [4.69, 9.17) is 0 Å². The lowest BCUT2D eigenvalue weighted by atomic mass is 9.91. The zero-order valence-corrected chi connectivity index (χ0v) is 35.9. The van der Waals surface area contributed by atoms with Crippen molar-refractivity contribution < 1.29 is 40.8 Å². The first kappa shape index (κ1) is 42.7. The van der Waals surface area contributed by atoms with Gasteiger partial charge in [0.15, 0.2) is 5.82 Å². The van der Waals surface area contributed by atoms with Crippen molar-refractivity contribution in [1.82, 2.24) is 39.4 Å². The summed E-state index contributed by atoms with van der Waals surface area (Å²) >= 11 is 0. The van der Waals surface area contributed by atoms with Gasteiger partial charge in [0.05, 0.1) is 11.3 Å². The summed E-state index contributed by atoms with van der Waals surface area (Å²) in [5.41, 5.74) is 2.40. The molecule has 4 saturated heterocycles. The number of benzene rings is 2. The summed E-state index contributed by atoms with van der Waals surface area (Å²) in [6.45, 7) is 4.68. The second-order valence-corrected chi connectivity index (χ2v) is 19.3. The lowest BCUT2D eigenvalue weighted by Crippen LogP contribution is -2.52. The minimum absolute atomic E-state index is 0.00230. The molecule has 0 radical (unpaired) electrons. The number of hydrogen-bond donors (Lipinski definition) is 3. The van der Waals surface area contributed by atoms with Crippen molar-refractivity contribution in [2.45, 2.75) is 57.3 Å². The zero-order chi connectivity index (χ0) is 45.1. The zero-order valence-electron chi connectivity index (χ0n) is 35.1. The molecule has 5 aliphatic heterocycles. The van der Waals surface area contributed by atoms with Gasteiger partial charge in [-0.1, -0.05) is 0 Å². The van der Waals surface area contributed by atoms with Crippen LogP contribution in [-0.2, 0) is 32.8 Å². The quantitative estimate of drug-likeness (QED) is 0.119. The molecule has 3 aromatic heterocycles. The molecule has 1 unspecified atom stereocenters. The number of nitrogens with one attached hydrogen (secondary N) is 3. The number of likely N-dealkylation sites (tertiary alicyclic amines) is 1. The molecule has 5 aromatic rings. The van der Waals surface area contributed by atoms with Gasteiger partial charge in [0.1, 0.15) is 29.5 Å². The van der Waals surface area contributed by atoms with Crippen molar-refractivity contribution in [1.29, 1.82) is 0 Å². The molecule has 0 bridgehead atoms.